The molecule has 0 unspecified atom stereocenters. The number of hydrogen-bond acceptors (Lipinski definition) is 3. The molecule has 0 amide bonds. The molecule has 0 aliphatic carbocycles. The normalized spacial score (nSPS) is 10.6. The Morgan fingerprint density at radius 1 is 1.41 bits per heavy atom. The molecule has 0 spiro atoms. The molecule has 5 heteroatoms. The zero-order chi connectivity index (χ0) is 12.4. The molecule has 90 valence electrons. The lowest BCUT2D eigenvalue weighted by Crippen LogP contribution is -2.17. The van der Waals surface area contributed by atoms with Crippen LogP contribution in [0.15, 0.2) is 28.9 Å². The molecule has 2 aromatic heterocycles. The number of aromatic nitrogens is 1. The monoisotopic (exact) mass is 330 g/mol. The molecular formula is C12H12BrClN2S. The van der Waals surface area contributed by atoms with Crippen LogP contribution >= 0.6 is 38.9 Å². The van der Waals surface area contributed by atoms with Crippen LogP contribution in [0.4, 0.5) is 5.82 Å². The van der Waals surface area contributed by atoms with Crippen LogP contribution in [0.3, 0.4) is 0 Å². The molecular weight excluding hydrogens is 320 g/mol. The Hall–Kier alpha value is -0.580. The number of halogens is 2. The van der Waals surface area contributed by atoms with Gasteiger partial charge in [-0.25, -0.2) is 4.98 Å². The van der Waals surface area contributed by atoms with Crippen molar-refractivity contribution in [3.8, 4) is 0 Å². The molecule has 0 bridgehead atoms. The number of anilines is 1. The summed E-state index contributed by atoms with van der Waals surface area (Å²) in [6.45, 7) is 2.87. The van der Waals surface area contributed by atoms with E-state index in [2.05, 4.69) is 32.7 Å². The quantitative estimate of drug-likeness (QED) is 0.823. The zero-order valence-corrected chi connectivity index (χ0v) is 12.7. The molecule has 2 nitrogen and oxygen atoms in total. The molecule has 17 heavy (non-hydrogen) atoms. The van der Waals surface area contributed by atoms with Crippen molar-refractivity contribution < 1.29 is 0 Å². The van der Waals surface area contributed by atoms with E-state index in [1.165, 1.54) is 10.4 Å². The highest BCUT2D eigenvalue weighted by Crippen LogP contribution is 2.29. The van der Waals surface area contributed by atoms with Gasteiger partial charge in [-0.2, -0.15) is 0 Å². The minimum Gasteiger partial charge on any atom is -0.354 e. The third kappa shape index (κ3) is 3.00. The second-order valence-corrected chi connectivity index (χ2v) is 6.42. The summed E-state index contributed by atoms with van der Waals surface area (Å²) >= 11 is 11.1. The van der Waals surface area contributed by atoms with Gasteiger partial charge in [0, 0.05) is 18.1 Å². The van der Waals surface area contributed by atoms with Gasteiger partial charge < -0.3 is 4.90 Å². The minimum atomic E-state index is 0.812. The molecule has 0 aliphatic rings. The van der Waals surface area contributed by atoms with E-state index in [0.717, 1.165) is 21.2 Å². The maximum absolute atomic E-state index is 5.92. The Labute approximate surface area is 118 Å². The van der Waals surface area contributed by atoms with Crippen molar-refractivity contribution in [3.05, 3.63) is 43.6 Å². The molecule has 0 saturated carbocycles. The Kier molecular flexibility index (Phi) is 4.07. The molecule has 0 saturated heterocycles. The lowest BCUT2D eigenvalue weighted by Gasteiger charge is -2.19. The molecule has 0 aliphatic heterocycles. The lowest BCUT2D eigenvalue weighted by molar-refractivity contribution is 0.906. The molecule has 0 radical (unpaired) electrons. The molecule has 2 aromatic rings. The van der Waals surface area contributed by atoms with E-state index >= 15 is 0 Å². The Bertz CT molecular complexity index is 527. The second-order valence-electron chi connectivity index (χ2n) is 3.83. The SMILES string of the molecule is Cc1ccnc(N(C)Cc2ccc(Cl)s2)c1Br. The predicted octanol–water partition coefficient (Wildman–Crippen LogP) is 4.50. The van der Waals surface area contributed by atoms with E-state index in [4.69, 9.17) is 11.6 Å². The minimum absolute atomic E-state index is 0.812. The number of hydrogen-bond donors (Lipinski definition) is 0. The molecule has 0 aromatic carbocycles. The van der Waals surface area contributed by atoms with Crippen molar-refractivity contribution in [1.82, 2.24) is 4.98 Å². The van der Waals surface area contributed by atoms with E-state index in [1.807, 2.05) is 31.4 Å². The van der Waals surface area contributed by atoms with Gasteiger partial charge in [0.25, 0.3) is 0 Å². The number of nitrogens with zero attached hydrogens (tertiary/aromatic N) is 2. The second kappa shape index (κ2) is 5.38. The van der Waals surface area contributed by atoms with E-state index in [9.17, 15) is 0 Å². The van der Waals surface area contributed by atoms with Gasteiger partial charge in [0.05, 0.1) is 15.4 Å². The lowest BCUT2D eigenvalue weighted by atomic mass is 10.3. The van der Waals surface area contributed by atoms with Crippen LogP contribution < -0.4 is 4.90 Å². The van der Waals surface area contributed by atoms with Gasteiger partial charge in [-0.1, -0.05) is 11.6 Å². The van der Waals surface area contributed by atoms with Crippen molar-refractivity contribution in [3.63, 3.8) is 0 Å². The van der Waals surface area contributed by atoms with Crippen molar-refractivity contribution in [2.75, 3.05) is 11.9 Å². The van der Waals surface area contributed by atoms with Gasteiger partial charge in [0.15, 0.2) is 0 Å². The largest absolute Gasteiger partial charge is 0.354 e. The summed E-state index contributed by atoms with van der Waals surface area (Å²) in [5.41, 5.74) is 1.19. The first-order valence-electron chi connectivity index (χ1n) is 5.14. The van der Waals surface area contributed by atoms with E-state index < -0.39 is 0 Å². The smallest absolute Gasteiger partial charge is 0.143 e. The summed E-state index contributed by atoms with van der Waals surface area (Å²) in [4.78, 5) is 7.73. The standard InChI is InChI=1S/C12H12BrClN2S/c1-8-5-6-15-12(11(8)13)16(2)7-9-3-4-10(14)17-9/h3-6H,7H2,1-2H3. The van der Waals surface area contributed by atoms with Crippen molar-refractivity contribution in [1.29, 1.82) is 0 Å². The first-order chi connectivity index (χ1) is 8.08. The topological polar surface area (TPSA) is 16.1 Å². The van der Waals surface area contributed by atoms with E-state index in [0.29, 0.717) is 0 Å². The first kappa shape index (κ1) is 12.9. The molecule has 0 N–H and O–H groups in total. The highest BCUT2D eigenvalue weighted by atomic mass is 79.9. The predicted molar refractivity (Wildman–Crippen MR) is 78.1 cm³/mol. The van der Waals surface area contributed by atoms with Gasteiger partial charge in [-0.3, -0.25) is 0 Å². The zero-order valence-electron chi connectivity index (χ0n) is 9.58. The van der Waals surface area contributed by atoms with Crippen LogP contribution in [0.25, 0.3) is 0 Å². The first-order valence-corrected chi connectivity index (χ1v) is 7.13. The van der Waals surface area contributed by atoms with Gasteiger partial charge in [-0.15, -0.1) is 11.3 Å². The van der Waals surface area contributed by atoms with Gasteiger partial charge >= 0.3 is 0 Å². The number of thiophene rings is 1. The Morgan fingerprint density at radius 2 is 2.18 bits per heavy atom. The van der Waals surface area contributed by atoms with Gasteiger partial charge in [0.1, 0.15) is 5.82 Å². The van der Waals surface area contributed by atoms with Crippen molar-refractivity contribution >= 4 is 44.7 Å². The molecule has 2 heterocycles. The fourth-order valence-electron chi connectivity index (χ4n) is 1.54. The van der Waals surface area contributed by atoms with E-state index in [1.54, 1.807) is 11.3 Å². The van der Waals surface area contributed by atoms with Crippen LogP contribution in [0, 0.1) is 6.92 Å². The maximum atomic E-state index is 5.92. The fraction of sp³-hybridized carbons (Fsp3) is 0.250. The third-order valence-corrected chi connectivity index (χ3v) is 4.64. The Morgan fingerprint density at radius 3 is 2.82 bits per heavy atom. The summed E-state index contributed by atoms with van der Waals surface area (Å²) in [7, 11) is 2.03. The summed E-state index contributed by atoms with van der Waals surface area (Å²) in [6, 6.07) is 5.96. The van der Waals surface area contributed by atoms with Crippen molar-refractivity contribution in [2.45, 2.75) is 13.5 Å². The Balaban J connectivity index is 2.20. The number of rotatable bonds is 3. The van der Waals surface area contributed by atoms with Crippen LogP contribution in [-0.2, 0) is 6.54 Å². The fourth-order valence-corrected chi connectivity index (χ4v) is 3.22. The highest BCUT2D eigenvalue weighted by molar-refractivity contribution is 9.10. The third-order valence-electron chi connectivity index (χ3n) is 2.45. The van der Waals surface area contributed by atoms with Crippen LogP contribution in [0.1, 0.15) is 10.4 Å². The van der Waals surface area contributed by atoms with Gasteiger partial charge in [-0.05, 0) is 46.6 Å². The molecule has 2 rings (SSSR count). The molecule has 0 fully saturated rings. The van der Waals surface area contributed by atoms with Crippen LogP contribution in [0.2, 0.25) is 4.34 Å². The number of pyridine rings is 1. The number of aryl methyl sites for hydroxylation is 1. The summed E-state index contributed by atoms with van der Waals surface area (Å²) in [6.07, 6.45) is 1.83. The summed E-state index contributed by atoms with van der Waals surface area (Å²) in [5.74, 6) is 0.953. The summed E-state index contributed by atoms with van der Waals surface area (Å²) in [5, 5.41) is 0. The van der Waals surface area contributed by atoms with Crippen molar-refractivity contribution in [2.24, 2.45) is 0 Å². The van der Waals surface area contributed by atoms with Crippen LogP contribution in [0.5, 0.6) is 0 Å². The maximum Gasteiger partial charge on any atom is 0.143 e. The average molecular weight is 332 g/mol. The van der Waals surface area contributed by atoms with Crippen LogP contribution in [-0.4, -0.2) is 12.0 Å². The molecule has 0 atom stereocenters. The summed E-state index contributed by atoms with van der Waals surface area (Å²) < 4.78 is 1.87. The van der Waals surface area contributed by atoms with E-state index in [-0.39, 0.29) is 0 Å². The average Bonchev–Trinajstić information content (AvgIpc) is 2.68. The van der Waals surface area contributed by atoms with Gasteiger partial charge in [0.2, 0.25) is 0 Å². The highest BCUT2D eigenvalue weighted by Gasteiger charge is 2.10.